The van der Waals surface area contributed by atoms with Crippen LogP contribution in [0.1, 0.15) is 37.9 Å². The van der Waals surface area contributed by atoms with Crippen molar-refractivity contribution in [3.05, 3.63) is 24.0 Å². The number of aromatic nitrogens is 2. The average Bonchev–Trinajstić information content (AvgIpc) is 3.32. The first-order valence-corrected chi connectivity index (χ1v) is 9.46. The molecule has 1 fully saturated rings. The van der Waals surface area contributed by atoms with Gasteiger partial charge in [-0.05, 0) is 31.0 Å². The van der Waals surface area contributed by atoms with E-state index in [4.69, 9.17) is 14.0 Å². The number of fused-ring (bicyclic) bond motifs is 1. The third-order valence-corrected chi connectivity index (χ3v) is 4.81. The Labute approximate surface area is 162 Å². The lowest BCUT2D eigenvalue weighted by Crippen LogP contribution is -2.34. The van der Waals surface area contributed by atoms with E-state index in [1.54, 1.807) is 17.0 Å². The third kappa shape index (κ3) is 4.24. The molecule has 4 rings (SSSR count). The molecule has 28 heavy (non-hydrogen) atoms. The Morgan fingerprint density at radius 3 is 3.00 bits per heavy atom. The highest BCUT2D eigenvalue weighted by Crippen LogP contribution is 2.35. The quantitative estimate of drug-likeness (QED) is 0.808. The van der Waals surface area contributed by atoms with Crippen molar-refractivity contribution < 1.29 is 23.6 Å². The lowest BCUT2D eigenvalue weighted by atomic mass is 10.2. The Bertz CT molecular complexity index is 866. The third-order valence-electron chi connectivity index (χ3n) is 4.81. The smallest absolute Gasteiger partial charge is 0.258 e. The fourth-order valence-corrected chi connectivity index (χ4v) is 3.25. The van der Waals surface area contributed by atoms with E-state index < -0.39 is 0 Å². The van der Waals surface area contributed by atoms with Gasteiger partial charge in [0.1, 0.15) is 0 Å². The van der Waals surface area contributed by atoms with Crippen molar-refractivity contribution in [1.29, 1.82) is 0 Å². The van der Waals surface area contributed by atoms with E-state index in [1.165, 1.54) is 0 Å². The molecule has 1 saturated heterocycles. The van der Waals surface area contributed by atoms with Gasteiger partial charge in [-0.3, -0.25) is 9.59 Å². The van der Waals surface area contributed by atoms with Crippen LogP contribution in [0.25, 0.3) is 11.5 Å². The molecule has 9 heteroatoms. The number of hydrogen-bond acceptors (Lipinski definition) is 7. The second-order valence-electron chi connectivity index (χ2n) is 6.80. The van der Waals surface area contributed by atoms with Crippen molar-refractivity contribution in [2.24, 2.45) is 0 Å². The minimum Gasteiger partial charge on any atom is -0.454 e. The van der Waals surface area contributed by atoms with Gasteiger partial charge in [0.15, 0.2) is 17.3 Å². The van der Waals surface area contributed by atoms with Crippen LogP contribution in [0.2, 0.25) is 0 Å². The number of benzene rings is 1. The molecule has 0 bridgehead atoms. The molecule has 0 aliphatic carbocycles. The number of carbonyl (C=O) groups is 2. The first kappa shape index (κ1) is 18.3. The summed E-state index contributed by atoms with van der Waals surface area (Å²) >= 11 is 0. The van der Waals surface area contributed by atoms with Gasteiger partial charge < -0.3 is 24.2 Å². The molecule has 0 unspecified atom stereocenters. The number of carbonyl (C=O) groups excluding carboxylic acids is 2. The molecule has 9 nitrogen and oxygen atoms in total. The molecule has 0 atom stereocenters. The molecule has 2 aliphatic heterocycles. The van der Waals surface area contributed by atoms with Crippen molar-refractivity contribution >= 4 is 11.8 Å². The van der Waals surface area contributed by atoms with Crippen LogP contribution in [0.3, 0.4) is 0 Å². The molecule has 2 aromatic rings. The highest BCUT2D eigenvalue weighted by atomic mass is 16.7. The number of nitrogens with zero attached hydrogens (tertiary/aromatic N) is 3. The summed E-state index contributed by atoms with van der Waals surface area (Å²) in [4.78, 5) is 30.1. The molecule has 0 saturated carbocycles. The largest absolute Gasteiger partial charge is 0.454 e. The minimum atomic E-state index is -0.147. The zero-order valence-corrected chi connectivity index (χ0v) is 15.5. The van der Waals surface area contributed by atoms with Gasteiger partial charge in [0.25, 0.3) is 5.89 Å². The van der Waals surface area contributed by atoms with E-state index in [0.29, 0.717) is 41.7 Å². The zero-order chi connectivity index (χ0) is 19.3. The predicted octanol–water partition coefficient (Wildman–Crippen LogP) is 1.87. The normalized spacial score (nSPS) is 16.1. The maximum absolute atomic E-state index is 12.1. The van der Waals surface area contributed by atoms with Crippen molar-refractivity contribution in [3.8, 4) is 23.0 Å². The monoisotopic (exact) mass is 386 g/mol. The molecule has 2 aliphatic rings. The fraction of sp³-hybridized carbons (Fsp3) is 0.474. The van der Waals surface area contributed by atoms with Crippen LogP contribution in [0.5, 0.6) is 11.5 Å². The molecule has 1 aromatic heterocycles. The number of nitrogens with one attached hydrogen (secondary N) is 1. The van der Waals surface area contributed by atoms with E-state index >= 15 is 0 Å². The summed E-state index contributed by atoms with van der Waals surface area (Å²) in [6, 6.07) is 5.37. The SMILES string of the molecule is O=C(CCN1CCCCCC1=O)NCc1noc(-c2ccc3c(c2)OCO3)n1. The fourth-order valence-electron chi connectivity index (χ4n) is 3.25. The number of amides is 2. The maximum Gasteiger partial charge on any atom is 0.258 e. The van der Waals surface area contributed by atoms with Gasteiger partial charge in [-0.25, -0.2) is 0 Å². The summed E-state index contributed by atoms with van der Waals surface area (Å²) in [6.07, 6.45) is 3.84. The van der Waals surface area contributed by atoms with Gasteiger partial charge in [0.2, 0.25) is 18.6 Å². The first-order chi connectivity index (χ1) is 13.7. The second kappa shape index (κ2) is 8.28. The number of likely N-dealkylation sites (tertiary alicyclic amines) is 1. The summed E-state index contributed by atoms with van der Waals surface area (Å²) in [5.41, 5.74) is 0.717. The van der Waals surface area contributed by atoms with Crippen molar-refractivity contribution in [2.45, 2.75) is 38.6 Å². The summed E-state index contributed by atoms with van der Waals surface area (Å²) < 4.78 is 15.9. The van der Waals surface area contributed by atoms with Crippen LogP contribution >= 0.6 is 0 Å². The van der Waals surface area contributed by atoms with Gasteiger partial charge in [0.05, 0.1) is 6.54 Å². The van der Waals surface area contributed by atoms with Crippen molar-refractivity contribution in [3.63, 3.8) is 0 Å². The molecule has 3 heterocycles. The molecule has 0 spiro atoms. The van der Waals surface area contributed by atoms with Crippen LogP contribution in [0, 0.1) is 0 Å². The Morgan fingerprint density at radius 2 is 2.07 bits per heavy atom. The molecule has 1 N–H and O–H groups in total. The second-order valence-corrected chi connectivity index (χ2v) is 6.80. The Kier molecular flexibility index (Phi) is 5.41. The summed E-state index contributed by atoms with van der Waals surface area (Å²) in [5.74, 6) is 2.03. The molecule has 0 radical (unpaired) electrons. The number of hydrogen-bond donors (Lipinski definition) is 1. The van der Waals surface area contributed by atoms with Crippen LogP contribution in [-0.2, 0) is 16.1 Å². The van der Waals surface area contributed by atoms with Gasteiger partial charge in [-0.15, -0.1) is 0 Å². The average molecular weight is 386 g/mol. The summed E-state index contributed by atoms with van der Waals surface area (Å²) in [6.45, 7) is 1.54. The summed E-state index contributed by atoms with van der Waals surface area (Å²) in [7, 11) is 0. The molecular formula is C19H22N4O5. The van der Waals surface area contributed by atoms with E-state index in [1.807, 2.05) is 6.07 Å². The summed E-state index contributed by atoms with van der Waals surface area (Å²) in [5, 5.41) is 6.66. The highest BCUT2D eigenvalue weighted by Gasteiger charge is 2.19. The topological polar surface area (TPSA) is 107 Å². The van der Waals surface area contributed by atoms with Crippen LogP contribution in [0.4, 0.5) is 0 Å². The standard InChI is InChI=1S/C19H22N4O5/c24-17(7-9-23-8-3-1-2-4-18(23)25)20-11-16-21-19(28-22-16)13-5-6-14-15(10-13)27-12-26-14/h5-6,10H,1-4,7-9,11-12H2,(H,20,24). The maximum atomic E-state index is 12.1. The van der Waals surface area contributed by atoms with Gasteiger partial charge in [0, 0.05) is 31.5 Å². The molecule has 148 valence electrons. The Hall–Kier alpha value is -3.10. The zero-order valence-electron chi connectivity index (χ0n) is 15.5. The van der Waals surface area contributed by atoms with Crippen molar-refractivity contribution in [2.75, 3.05) is 19.9 Å². The molecule has 1 aromatic carbocycles. The van der Waals surface area contributed by atoms with Gasteiger partial charge >= 0.3 is 0 Å². The highest BCUT2D eigenvalue weighted by molar-refractivity contribution is 5.79. The predicted molar refractivity (Wildman–Crippen MR) is 97.4 cm³/mol. The lowest BCUT2D eigenvalue weighted by Gasteiger charge is -2.19. The van der Waals surface area contributed by atoms with Crippen LogP contribution < -0.4 is 14.8 Å². The number of rotatable bonds is 6. The first-order valence-electron chi connectivity index (χ1n) is 9.46. The van der Waals surface area contributed by atoms with E-state index in [-0.39, 0.29) is 31.6 Å². The lowest BCUT2D eigenvalue weighted by molar-refractivity contribution is -0.131. The van der Waals surface area contributed by atoms with E-state index in [2.05, 4.69) is 15.5 Å². The van der Waals surface area contributed by atoms with Gasteiger partial charge in [-0.1, -0.05) is 11.6 Å². The van der Waals surface area contributed by atoms with E-state index in [9.17, 15) is 9.59 Å². The van der Waals surface area contributed by atoms with Crippen LogP contribution in [0.15, 0.2) is 22.7 Å². The minimum absolute atomic E-state index is 0.136. The van der Waals surface area contributed by atoms with Crippen LogP contribution in [-0.4, -0.2) is 46.7 Å². The Morgan fingerprint density at radius 1 is 1.18 bits per heavy atom. The Balaban J connectivity index is 1.27. The molecular weight excluding hydrogens is 364 g/mol. The number of ether oxygens (including phenoxy) is 2. The van der Waals surface area contributed by atoms with E-state index in [0.717, 1.165) is 25.8 Å². The van der Waals surface area contributed by atoms with Crippen molar-refractivity contribution in [1.82, 2.24) is 20.4 Å². The van der Waals surface area contributed by atoms with Gasteiger partial charge in [-0.2, -0.15) is 4.98 Å². The molecule has 2 amide bonds.